The van der Waals surface area contributed by atoms with Crippen molar-refractivity contribution in [1.29, 1.82) is 0 Å². The number of nitrogens with one attached hydrogen (secondary N) is 7. The highest BCUT2D eigenvalue weighted by Gasteiger charge is 2.40. The lowest BCUT2D eigenvalue weighted by molar-refractivity contribution is -0.142. The van der Waals surface area contributed by atoms with Gasteiger partial charge in [-0.3, -0.25) is 52.7 Å². The van der Waals surface area contributed by atoms with Crippen molar-refractivity contribution in [3.63, 3.8) is 0 Å². The van der Waals surface area contributed by atoms with Crippen LogP contribution in [0.15, 0.2) is 24.3 Å². The van der Waals surface area contributed by atoms with E-state index in [1.807, 2.05) is 13.8 Å². The molecule has 0 saturated carbocycles. The van der Waals surface area contributed by atoms with E-state index in [4.69, 9.17) is 21.9 Å². The molecule has 2 fully saturated rings. The van der Waals surface area contributed by atoms with Crippen molar-refractivity contribution < 1.29 is 58.8 Å². The van der Waals surface area contributed by atoms with Crippen LogP contribution in [-0.2, 0) is 59.2 Å². The van der Waals surface area contributed by atoms with Gasteiger partial charge in [-0.05, 0) is 67.4 Å². The van der Waals surface area contributed by atoms with E-state index >= 15 is 0 Å². The van der Waals surface area contributed by atoms with Crippen LogP contribution in [0.25, 0.3) is 0 Å². The first-order chi connectivity index (χ1) is 33.0. The molecule has 3 rings (SSSR count). The molecule has 0 aromatic heterocycles. The van der Waals surface area contributed by atoms with Crippen LogP contribution in [0.2, 0.25) is 0 Å². The normalized spacial score (nSPS) is 24.4. The van der Waals surface area contributed by atoms with E-state index in [0.717, 1.165) is 11.8 Å². The number of nitrogens with two attached hydrogens (primary N) is 3. The molecule has 382 valence electrons. The molecule has 2 heterocycles. The Morgan fingerprint density at radius 1 is 0.841 bits per heavy atom. The first-order valence-corrected chi connectivity index (χ1v) is 24.1. The molecule has 1 aromatic carbocycles. The predicted octanol–water partition coefficient (Wildman–Crippen LogP) is -2.50. The van der Waals surface area contributed by atoms with Crippen LogP contribution in [0, 0.1) is 11.8 Å². The van der Waals surface area contributed by atoms with Gasteiger partial charge in [0.05, 0.1) is 21.4 Å². The van der Waals surface area contributed by atoms with Gasteiger partial charge in [0.15, 0.2) is 0 Å². The molecule has 0 aliphatic carbocycles. The standard InChI is InChI=1S/C45H69N11O12S/c1-6-25(4)38-44(66)51-28(15-16-34(46)57)40(62)52-31(21-35(47)58)41(63)54-32(23-69-18-8-10-37(60)50-30(42(64)55-38)20-26-11-13-27(68-5)14-12-26)45(67)56-17-7-9-33(56)43(65)53-29(19-24(2)3)39(61)49-22-36(48)59/h11-14,24-25,28-33,38H,6-10,15-23H2,1-5H3,(H2,46,57)(H2,47,58)(H2,48,59)(H,49,61)(H,50,60)(H,51,66)(H,52,62)(H,53,65)(H,54,63)(H,55,64)/t25-,28?,29?,30?,31?,32?,33?,38+/m0/s1/i38D. The van der Waals surface area contributed by atoms with Crippen molar-refractivity contribution >= 4 is 76.7 Å². The second kappa shape index (κ2) is 28.1. The Hall–Kier alpha value is -6.46. The maximum atomic E-state index is 14.5. The first-order valence-electron chi connectivity index (χ1n) is 23.5. The van der Waals surface area contributed by atoms with E-state index in [1.54, 1.807) is 31.2 Å². The molecular weight excluding hydrogens is 919 g/mol. The lowest BCUT2D eigenvalue weighted by atomic mass is 9.96. The van der Waals surface area contributed by atoms with Crippen LogP contribution in [0.4, 0.5) is 0 Å². The van der Waals surface area contributed by atoms with Gasteiger partial charge in [0.25, 0.3) is 0 Å². The molecule has 13 N–H and O–H groups in total. The van der Waals surface area contributed by atoms with Gasteiger partial charge in [0.2, 0.25) is 65.0 Å². The molecular formula is C45H69N11O12S. The lowest BCUT2D eigenvalue weighted by Crippen LogP contribution is -2.61. The molecule has 11 amide bonds. The minimum Gasteiger partial charge on any atom is -0.497 e. The van der Waals surface area contributed by atoms with Gasteiger partial charge in [-0.1, -0.05) is 46.2 Å². The van der Waals surface area contributed by atoms with E-state index in [0.29, 0.717) is 17.7 Å². The number of benzene rings is 1. The molecule has 69 heavy (non-hydrogen) atoms. The third-order valence-electron chi connectivity index (χ3n) is 11.4. The Morgan fingerprint density at radius 2 is 1.49 bits per heavy atom. The Balaban J connectivity index is 2.05. The summed E-state index contributed by atoms with van der Waals surface area (Å²) in [6, 6.07) is -4.18. The monoisotopic (exact) mass is 988 g/mol. The van der Waals surface area contributed by atoms with Gasteiger partial charge in [-0.25, -0.2) is 0 Å². The number of carbonyl (C=O) groups is 11. The smallest absolute Gasteiger partial charge is 0.246 e. The van der Waals surface area contributed by atoms with Crippen LogP contribution in [0.3, 0.4) is 0 Å². The number of methoxy groups -OCH3 is 1. The summed E-state index contributed by atoms with van der Waals surface area (Å²) in [5.41, 5.74) is 16.7. The van der Waals surface area contributed by atoms with Gasteiger partial charge in [-0.2, -0.15) is 11.8 Å². The zero-order valence-corrected chi connectivity index (χ0v) is 40.6. The summed E-state index contributed by atoms with van der Waals surface area (Å²) < 4.78 is 14.6. The van der Waals surface area contributed by atoms with Crippen LogP contribution in [0.1, 0.15) is 92.4 Å². The van der Waals surface area contributed by atoms with Crippen molar-refractivity contribution in [3.05, 3.63) is 29.8 Å². The van der Waals surface area contributed by atoms with Gasteiger partial charge in [0.1, 0.15) is 48.0 Å². The van der Waals surface area contributed by atoms with Crippen LogP contribution >= 0.6 is 11.8 Å². The second-order valence-electron chi connectivity index (χ2n) is 17.5. The third kappa shape index (κ3) is 18.9. The Bertz CT molecular complexity index is 2080. The van der Waals surface area contributed by atoms with E-state index in [-0.39, 0.29) is 62.5 Å². The topological polar surface area (TPSA) is 363 Å². The molecule has 0 bridgehead atoms. The summed E-state index contributed by atoms with van der Waals surface area (Å²) in [5.74, 6) is -9.96. The first kappa shape index (κ1) is 55.1. The zero-order valence-electron chi connectivity index (χ0n) is 40.8. The Morgan fingerprint density at radius 3 is 2.10 bits per heavy atom. The predicted molar refractivity (Wildman–Crippen MR) is 253 cm³/mol. The molecule has 23 nitrogen and oxygen atoms in total. The maximum Gasteiger partial charge on any atom is 0.246 e. The number of rotatable bonds is 18. The molecule has 0 radical (unpaired) electrons. The highest BCUT2D eigenvalue weighted by Crippen LogP contribution is 2.22. The minimum absolute atomic E-state index is 0.0684. The van der Waals surface area contributed by atoms with E-state index < -0.39 is 139 Å². The van der Waals surface area contributed by atoms with Crippen LogP contribution in [-0.4, -0.2) is 144 Å². The summed E-state index contributed by atoms with van der Waals surface area (Å²) in [7, 11) is 1.48. The summed E-state index contributed by atoms with van der Waals surface area (Å²) in [5, 5.41) is 17.6. The number of likely N-dealkylation sites (tertiary alicyclic amines) is 1. The lowest BCUT2D eigenvalue weighted by Gasteiger charge is -2.31. The fraction of sp³-hybridized carbons (Fsp3) is 0.622. The maximum absolute atomic E-state index is 14.5. The minimum atomic E-state index is -2.48. The molecule has 2 aliphatic rings. The van der Waals surface area contributed by atoms with Crippen molar-refractivity contribution in [2.75, 3.05) is 31.7 Å². The summed E-state index contributed by atoms with van der Waals surface area (Å²) in [4.78, 5) is 148. The third-order valence-corrected chi connectivity index (χ3v) is 12.6. The van der Waals surface area contributed by atoms with Crippen molar-refractivity contribution in [1.82, 2.24) is 42.1 Å². The zero-order chi connectivity index (χ0) is 52.3. The number of carbonyl (C=O) groups excluding carboxylic acids is 11. The van der Waals surface area contributed by atoms with Crippen LogP contribution in [0.5, 0.6) is 5.75 Å². The summed E-state index contributed by atoms with van der Waals surface area (Å²) in [6.07, 6.45) is -0.820. The highest BCUT2D eigenvalue weighted by molar-refractivity contribution is 7.99. The fourth-order valence-corrected chi connectivity index (χ4v) is 8.51. The summed E-state index contributed by atoms with van der Waals surface area (Å²) in [6.45, 7) is 6.42. The van der Waals surface area contributed by atoms with Crippen LogP contribution < -0.4 is 59.2 Å². The fourth-order valence-electron chi connectivity index (χ4n) is 7.53. The molecule has 1 aromatic rings. The molecule has 8 atom stereocenters. The van der Waals surface area contributed by atoms with Gasteiger partial charge in [-0.15, -0.1) is 0 Å². The number of hydrogen-bond acceptors (Lipinski definition) is 13. The second-order valence-corrected chi connectivity index (χ2v) is 18.6. The molecule has 24 heteroatoms. The van der Waals surface area contributed by atoms with E-state index in [9.17, 15) is 54.1 Å². The largest absolute Gasteiger partial charge is 0.497 e. The van der Waals surface area contributed by atoms with Crippen molar-refractivity contribution in [2.45, 2.75) is 134 Å². The number of hydrogen-bond donors (Lipinski definition) is 10. The number of amides is 11. The number of ether oxygens (including phenoxy) is 1. The van der Waals surface area contributed by atoms with Gasteiger partial charge in [0, 0.05) is 31.6 Å². The van der Waals surface area contributed by atoms with E-state index in [2.05, 4.69) is 37.2 Å². The molecule has 2 saturated heterocycles. The Kier molecular flexibility index (Phi) is 22.5. The molecule has 2 aliphatic heterocycles. The Labute approximate surface area is 407 Å². The summed E-state index contributed by atoms with van der Waals surface area (Å²) >= 11 is 1.16. The van der Waals surface area contributed by atoms with E-state index in [1.165, 1.54) is 18.9 Å². The number of thioether (sulfide) groups is 1. The van der Waals surface area contributed by atoms with Crippen molar-refractivity contribution in [2.24, 2.45) is 29.0 Å². The average molecular weight is 989 g/mol. The molecule has 6 unspecified atom stereocenters. The average Bonchev–Trinajstić information content (AvgIpc) is 3.80. The quantitative estimate of drug-likeness (QED) is 0.0728. The van der Waals surface area contributed by atoms with Crippen molar-refractivity contribution in [3.8, 4) is 5.75 Å². The van der Waals surface area contributed by atoms with Gasteiger partial charge >= 0.3 is 0 Å². The highest BCUT2D eigenvalue weighted by atomic mass is 32.2. The molecule has 0 spiro atoms. The number of nitrogens with zero attached hydrogens (tertiary/aromatic N) is 1. The SMILES string of the molecule is [2H][C@]1([C@@H](C)CC)NC(=O)C(Cc2ccc(OC)cc2)NC(=O)CCCSCC(C(=O)N2CCCC2C(=O)NC(CC(C)C)C(=O)NCC(N)=O)NC(=O)C(CC(N)=O)NC(=O)C(CCC(N)=O)NC1=O. The number of primary amides is 3. The van der Waals surface area contributed by atoms with Gasteiger partial charge < -0.3 is 64.1 Å².